The second-order valence-electron chi connectivity index (χ2n) is 3.55. The van der Waals surface area contributed by atoms with Gasteiger partial charge in [0.15, 0.2) is 0 Å². The van der Waals surface area contributed by atoms with E-state index in [1.807, 2.05) is 0 Å². The smallest absolute Gasteiger partial charge is 0.339 e. The largest absolute Gasteiger partial charge is 0.478 e. The summed E-state index contributed by atoms with van der Waals surface area (Å²) in [5.41, 5.74) is -3.10. The number of benzene rings is 1. The molecule has 0 atom stereocenters. The molecule has 8 nitrogen and oxygen atoms in total. The van der Waals surface area contributed by atoms with Crippen LogP contribution in [-0.4, -0.2) is 45.8 Å². The Labute approximate surface area is 112 Å². The van der Waals surface area contributed by atoms with E-state index in [0.29, 0.717) is 0 Å². The van der Waals surface area contributed by atoms with Crippen LogP contribution in [0.25, 0.3) is 0 Å². The minimum Gasteiger partial charge on any atom is -0.478 e. The van der Waals surface area contributed by atoms with Crippen molar-refractivity contribution in [2.45, 2.75) is 6.92 Å². The van der Waals surface area contributed by atoms with E-state index < -0.39 is 46.1 Å². The van der Waals surface area contributed by atoms with E-state index in [4.69, 9.17) is 15.3 Å². The first-order valence-electron chi connectivity index (χ1n) is 5.35. The maximum absolute atomic E-state index is 11.6. The molecule has 0 aliphatic rings. The average molecular weight is 282 g/mol. The molecule has 0 saturated heterocycles. The van der Waals surface area contributed by atoms with Crippen LogP contribution in [0.5, 0.6) is 0 Å². The average Bonchev–Trinajstić information content (AvgIpc) is 2.36. The first-order valence-corrected chi connectivity index (χ1v) is 5.35. The zero-order valence-electron chi connectivity index (χ0n) is 10.2. The highest BCUT2D eigenvalue weighted by atomic mass is 16.5. The molecule has 0 aromatic heterocycles. The molecule has 1 rings (SSSR count). The summed E-state index contributed by atoms with van der Waals surface area (Å²) in [5.74, 6) is -6.14. The molecule has 0 aliphatic carbocycles. The van der Waals surface area contributed by atoms with Gasteiger partial charge in [-0.2, -0.15) is 0 Å². The van der Waals surface area contributed by atoms with Crippen molar-refractivity contribution in [2.75, 3.05) is 6.61 Å². The SMILES string of the molecule is CCOC(=O)c1ccc(C(=O)O)c(C(=O)O)c1C(=O)O. The molecule has 106 valence electrons. The second-order valence-corrected chi connectivity index (χ2v) is 3.55. The predicted molar refractivity (Wildman–Crippen MR) is 63.3 cm³/mol. The Balaban J connectivity index is 3.69. The molecule has 0 spiro atoms. The van der Waals surface area contributed by atoms with Crippen molar-refractivity contribution in [1.29, 1.82) is 0 Å². The molecule has 0 radical (unpaired) electrons. The van der Waals surface area contributed by atoms with Gasteiger partial charge in [0.2, 0.25) is 0 Å². The van der Waals surface area contributed by atoms with Crippen LogP contribution in [0.2, 0.25) is 0 Å². The Kier molecular flexibility index (Phi) is 4.42. The highest BCUT2D eigenvalue weighted by Crippen LogP contribution is 2.21. The zero-order valence-corrected chi connectivity index (χ0v) is 10.2. The minimum absolute atomic E-state index is 0.0407. The Morgan fingerprint density at radius 3 is 1.75 bits per heavy atom. The van der Waals surface area contributed by atoms with Crippen LogP contribution >= 0.6 is 0 Å². The fraction of sp³-hybridized carbons (Fsp3) is 0.167. The number of aromatic carboxylic acids is 3. The summed E-state index contributed by atoms with van der Waals surface area (Å²) in [6, 6.07) is 1.77. The minimum atomic E-state index is -1.76. The van der Waals surface area contributed by atoms with Gasteiger partial charge in [-0.05, 0) is 19.1 Å². The number of hydrogen-bond donors (Lipinski definition) is 3. The fourth-order valence-corrected chi connectivity index (χ4v) is 1.60. The predicted octanol–water partition coefficient (Wildman–Crippen LogP) is 0.958. The molecule has 8 heteroatoms. The van der Waals surface area contributed by atoms with E-state index in [0.717, 1.165) is 12.1 Å². The molecule has 1 aromatic rings. The van der Waals surface area contributed by atoms with E-state index in [1.54, 1.807) is 0 Å². The highest BCUT2D eigenvalue weighted by Gasteiger charge is 2.29. The lowest BCUT2D eigenvalue weighted by atomic mass is 9.95. The van der Waals surface area contributed by atoms with Crippen LogP contribution in [0.3, 0.4) is 0 Å². The molecule has 0 amide bonds. The molecule has 0 aliphatic heterocycles. The Morgan fingerprint density at radius 1 is 0.900 bits per heavy atom. The van der Waals surface area contributed by atoms with E-state index in [2.05, 4.69) is 4.74 Å². The molecule has 1 aromatic carbocycles. The molecule has 0 fully saturated rings. The number of esters is 1. The van der Waals surface area contributed by atoms with Crippen molar-refractivity contribution in [3.8, 4) is 0 Å². The Bertz CT molecular complexity index is 602. The van der Waals surface area contributed by atoms with Gasteiger partial charge < -0.3 is 20.1 Å². The van der Waals surface area contributed by atoms with Crippen molar-refractivity contribution in [3.63, 3.8) is 0 Å². The molecule has 0 bridgehead atoms. The third-order valence-electron chi connectivity index (χ3n) is 2.36. The summed E-state index contributed by atoms with van der Waals surface area (Å²) >= 11 is 0. The third kappa shape index (κ3) is 2.74. The van der Waals surface area contributed by atoms with Crippen LogP contribution in [0.1, 0.15) is 48.4 Å². The molecule has 0 heterocycles. The van der Waals surface area contributed by atoms with Crippen LogP contribution in [0.15, 0.2) is 12.1 Å². The summed E-state index contributed by atoms with van der Waals surface area (Å²) in [4.78, 5) is 44.8. The molecule has 0 saturated carbocycles. The van der Waals surface area contributed by atoms with Gasteiger partial charge in [-0.1, -0.05) is 0 Å². The molecule has 0 unspecified atom stereocenters. The van der Waals surface area contributed by atoms with E-state index >= 15 is 0 Å². The Hall–Kier alpha value is -2.90. The summed E-state index contributed by atoms with van der Waals surface area (Å²) in [6.45, 7) is 1.45. The number of rotatable bonds is 5. The van der Waals surface area contributed by atoms with Gasteiger partial charge in [-0.3, -0.25) is 0 Å². The van der Waals surface area contributed by atoms with Crippen LogP contribution < -0.4 is 0 Å². The van der Waals surface area contributed by atoms with E-state index in [9.17, 15) is 19.2 Å². The van der Waals surface area contributed by atoms with Crippen molar-refractivity contribution in [1.82, 2.24) is 0 Å². The maximum Gasteiger partial charge on any atom is 0.339 e. The molecular weight excluding hydrogens is 272 g/mol. The number of carbonyl (C=O) groups is 4. The van der Waals surface area contributed by atoms with E-state index in [1.165, 1.54) is 6.92 Å². The monoisotopic (exact) mass is 282 g/mol. The van der Waals surface area contributed by atoms with Gasteiger partial charge >= 0.3 is 23.9 Å². The quantitative estimate of drug-likeness (QED) is 0.678. The summed E-state index contributed by atoms with van der Waals surface area (Å²) in [6.07, 6.45) is 0. The van der Waals surface area contributed by atoms with Gasteiger partial charge in [0.05, 0.1) is 28.9 Å². The maximum atomic E-state index is 11.6. The number of carbonyl (C=O) groups excluding carboxylic acids is 1. The summed E-state index contributed by atoms with van der Waals surface area (Å²) < 4.78 is 4.61. The normalized spacial score (nSPS) is 9.85. The van der Waals surface area contributed by atoms with Crippen LogP contribution in [0, 0.1) is 0 Å². The van der Waals surface area contributed by atoms with Gasteiger partial charge in [0.1, 0.15) is 0 Å². The topological polar surface area (TPSA) is 138 Å². The standard InChI is InChI=1S/C12H10O8/c1-2-20-12(19)6-4-3-5(9(13)14)7(10(15)16)8(6)11(17)18/h3-4H,2H2,1H3,(H,13,14)(H,15,16)(H,17,18). The fourth-order valence-electron chi connectivity index (χ4n) is 1.60. The van der Waals surface area contributed by atoms with Gasteiger partial charge in [0.25, 0.3) is 0 Å². The van der Waals surface area contributed by atoms with Crippen LogP contribution in [-0.2, 0) is 4.74 Å². The van der Waals surface area contributed by atoms with Gasteiger partial charge in [0, 0.05) is 0 Å². The lowest BCUT2D eigenvalue weighted by Gasteiger charge is -2.10. The molecule has 3 N–H and O–H groups in total. The number of carboxylic acid groups (broad SMARTS) is 3. The Morgan fingerprint density at radius 2 is 1.35 bits per heavy atom. The number of hydrogen-bond acceptors (Lipinski definition) is 5. The van der Waals surface area contributed by atoms with Gasteiger partial charge in [-0.25, -0.2) is 19.2 Å². The highest BCUT2D eigenvalue weighted by molar-refractivity contribution is 6.13. The molecular formula is C12H10O8. The summed E-state index contributed by atoms with van der Waals surface area (Å²) in [5, 5.41) is 26.9. The zero-order chi connectivity index (χ0) is 15.4. The lowest BCUT2D eigenvalue weighted by molar-refractivity contribution is 0.0512. The second kappa shape index (κ2) is 5.83. The number of carboxylic acids is 3. The molecule has 20 heavy (non-hydrogen) atoms. The number of ether oxygens (including phenoxy) is 1. The lowest BCUT2D eigenvalue weighted by Crippen LogP contribution is -2.20. The first kappa shape index (κ1) is 15.2. The van der Waals surface area contributed by atoms with E-state index in [-0.39, 0.29) is 6.61 Å². The van der Waals surface area contributed by atoms with Crippen LogP contribution in [0.4, 0.5) is 0 Å². The van der Waals surface area contributed by atoms with Crippen molar-refractivity contribution in [3.05, 3.63) is 34.4 Å². The third-order valence-corrected chi connectivity index (χ3v) is 2.36. The first-order chi connectivity index (χ1) is 9.31. The van der Waals surface area contributed by atoms with Gasteiger partial charge in [-0.15, -0.1) is 0 Å². The van der Waals surface area contributed by atoms with Crippen molar-refractivity contribution >= 4 is 23.9 Å². The van der Waals surface area contributed by atoms with Crippen molar-refractivity contribution in [2.24, 2.45) is 0 Å². The summed E-state index contributed by atoms with van der Waals surface area (Å²) in [7, 11) is 0. The van der Waals surface area contributed by atoms with Crippen molar-refractivity contribution < 1.29 is 39.2 Å².